The Balaban J connectivity index is 2.04. The molecule has 0 saturated heterocycles. The first-order valence-corrected chi connectivity index (χ1v) is 8.36. The minimum atomic E-state index is 0.198. The summed E-state index contributed by atoms with van der Waals surface area (Å²) in [6.45, 7) is 5.69. The van der Waals surface area contributed by atoms with Crippen LogP contribution in [0.1, 0.15) is 27.8 Å². The van der Waals surface area contributed by atoms with Gasteiger partial charge in [-0.15, -0.1) is 0 Å². The highest BCUT2D eigenvalue weighted by atomic mass is 16.3. The largest absolute Gasteiger partial charge is 0.507 e. The molecule has 0 radical (unpaired) electrons. The van der Waals surface area contributed by atoms with Crippen molar-refractivity contribution in [1.29, 1.82) is 5.26 Å². The van der Waals surface area contributed by atoms with E-state index in [0.29, 0.717) is 11.1 Å². The number of nitriles is 1. The minimum absolute atomic E-state index is 0.198. The van der Waals surface area contributed by atoms with Crippen LogP contribution in [0.3, 0.4) is 0 Å². The Morgan fingerprint density at radius 2 is 1.65 bits per heavy atom. The van der Waals surface area contributed by atoms with Crippen LogP contribution in [0, 0.1) is 18.3 Å². The first-order valence-electron chi connectivity index (χ1n) is 8.36. The molecule has 0 aliphatic carbocycles. The Morgan fingerprint density at radius 1 is 0.923 bits per heavy atom. The van der Waals surface area contributed by atoms with E-state index in [2.05, 4.69) is 12.6 Å². The lowest BCUT2D eigenvalue weighted by atomic mass is 9.95. The van der Waals surface area contributed by atoms with Gasteiger partial charge in [0.2, 0.25) is 0 Å². The van der Waals surface area contributed by atoms with Crippen LogP contribution < -0.4 is 0 Å². The van der Waals surface area contributed by atoms with Crippen molar-refractivity contribution in [2.45, 2.75) is 6.92 Å². The number of phenolic OH excluding ortho intramolecular Hbond substituents is 1. The molecule has 0 unspecified atom stereocenters. The number of nitrogens with zero attached hydrogens (tertiary/aromatic N) is 1. The first-order chi connectivity index (χ1) is 12.6. The lowest BCUT2D eigenvalue weighted by Gasteiger charge is -2.08. The molecule has 3 aromatic carbocycles. The summed E-state index contributed by atoms with van der Waals surface area (Å²) in [7, 11) is 0. The Hall–Kier alpha value is -3.57. The smallest absolute Gasteiger partial charge is 0.123 e. The number of hydrogen-bond donors (Lipinski definition) is 1. The molecular weight excluding hydrogens is 318 g/mol. The monoisotopic (exact) mass is 337 g/mol. The normalized spacial score (nSPS) is 10.6. The fourth-order valence-electron chi connectivity index (χ4n) is 2.95. The van der Waals surface area contributed by atoms with Crippen molar-refractivity contribution in [3.05, 3.63) is 95.1 Å². The van der Waals surface area contributed by atoms with E-state index in [1.165, 1.54) is 0 Å². The molecule has 0 heterocycles. The van der Waals surface area contributed by atoms with Gasteiger partial charge in [-0.3, -0.25) is 0 Å². The van der Waals surface area contributed by atoms with E-state index >= 15 is 0 Å². The van der Waals surface area contributed by atoms with Gasteiger partial charge in [-0.05, 0) is 41.3 Å². The lowest BCUT2D eigenvalue weighted by Crippen LogP contribution is -1.89. The predicted molar refractivity (Wildman–Crippen MR) is 108 cm³/mol. The Labute approximate surface area is 154 Å². The van der Waals surface area contributed by atoms with Gasteiger partial charge in [-0.2, -0.15) is 5.26 Å². The maximum absolute atomic E-state index is 10.0. The summed E-state index contributed by atoms with van der Waals surface area (Å²) in [5.74, 6) is 0.198. The molecule has 126 valence electrons. The molecule has 0 atom stereocenters. The highest BCUT2D eigenvalue weighted by molar-refractivity contribution is 5.81. The first kappa shape index (κ1) is 17.3. The molecule has 2 nitrogen and oxygen atoms in total. The fraction of sp³-hybridized carbons (Fsp3) is 0.0417. The van der Waals surface area contributed by atoms with Gasteiger partial charge in [0.05, 0.1) is 5.56 Å². The van der Waals surface area contributed by atoms with Gasteiger partial charge in [-0.25, -0.2) is 0 Å². The molecule has 26 heavy (non-hydrogen) atoms. The average Bonchev–Trinajstić information content (AvgIpc) is 2.68. The number of aromatic hydroxyl groups is 1. The number of phenols is 1. The second-order valence-electron chi connectivity index (χ2n) is 6.05. The Morgan fingerprint density at radius 3 is 2.35 bits per heavy atom. The minimum Gasteiger partial charge on any atom is -0.507 e. The third-order valence-electron chi connectivity index (χ3n) is 4.37. The van der Waals surface area contributed by atoms with Gasteiger partial charge < -0.3 is 5.11 Å². The predicted octanol–water partition coefficient (Wildman–Crippen LogP) is 6.05. The number of rotatable bonds is 4. The molecule has 0 saturated carbocycles. The second-order valence-corrected chi connectivity index (χ2v) is 6.05. The van der Waals surface area contributed by atoms with Gasteiger partial charge in [0.25, 0.3) is 0 Å². The van der Waals surface area contributed by atoms with Gasteiger partial charge >= 0.3 is 0 Å². The zero-order chi connectivity index (χ0) is 18.5. The van der Waals surface area contributed by atoms with Crippen LogP contribution in [-0.2, 0) is 0 Å². The van der Waals surface area contributed by atoms with Crippen molar-refractivity contribution in [2.24, 2.45) is 0 Å². The standard InChI is InChI=1S/C24H19NO/c1-3-18-14-17(2)21(15-24(18)26)13-12-20-10-7-11-22(23(20)16-25)19-8-5-4-6-9-19/h3-15,26H,1H2,2H3/b13-12+. The van der Waals surface area contributed by atoms with Crippen molar-refractivity contribution < 1.29 is 5.11 Å². The molecule has 3 aromatic rings. The maximum atomic E-state index is 10.0. The van der Waals surface area contributed by atoms with Crippen LogP contribution in [0.4, 0.5) is 0 Å². The summed E-state index contributed by atoms with van der Waals surface area (Å²) >= 11 is 0. The summed E-state index contributed by atoms with van der Waals surface area (Å²) in [6, 6.07) is 21.7. The zero-order valence-electron chi connectivity index (χ0n) is 14.6. The SMILES string of the molecule is C=Cc1cc(C)c(/C=C/c2cccc(-c3ccccc3)c2C#N)cc1O. The van der Waals surface area contributed by atoms with E-state index in [4.69, 9.17) is 0 Å². The molecular formula is C24H19NO. The number of hydrogen-bond acceptors (Lipinski definition) is 2. The molecule has 0 fully saturated rings. The molecule has 2 heteroatoms. The van der Waals surface area contributed by atoms with E-state index in [1.54, 1.807) is 12.1 Å². The number of aryl methyl sites for hydroxylation is 1. The van der Waals surface area contributed by atoms with Gasteiger partial charge in [0, 0.05) is 11.1 Å². The maximum Gasteiger partial charge on any atom is 0.123 e. The molecule has 0 amide bonds. The van der Waals surface area contributed by atoms with Crippen molar-refractivity contribution in [2.75, 3.05) is 0 Å². The summed E-state index contributed by atoms with van der Waals surface area (Å²) in [5, 5.41) is 19.7. The molecule has 3 rings (SSSR count). The van der Waals surface area contributed by atoms with Crippen molar-refractivity contribution in [3.8, 4) is 22.9 Å². The summed E-state index contributed by atoms with van der Waals surface area (Å²) in [6.07, 6.45) is 5.47. The van der Waals surface area contributed by atoms with Crippen molar-refractivity contribution >= 4 is 18.2 Å². The molecule has 0 bridgehead atoms. The third kappa shape index (κ3) is 3.43. The van der Waals surface area contributed by atoms with E-state index in [0.717, 1.165) is 27.8 Å². The summed E-state index contributed by atoms with van der Waals surface area (Å²) in [4.78, 5) is 0. The molecule has 0 aliphatic heterocycles. The molecule has 0 spiro atoms. The highest BCUT2D eigenvalue weighted by Gasteiger charge is 2.08. The lowest BCUT2D eigenvalue weighted by molar-refractivity contribution is 0.474. The van der Waals surface area contributed by atoms with Crippen LogP contribution in [0.25, 0.3) is 29.4 Å². The van der Waals surface area contributed by atoms with Crippen LogP contribution in [-0.4, -0.2) is 5.11 Å². The van der Waals surface area contributed by atoms with Crippen LogP contribution >= 0.6 is 0 Å². The van der Waals surface area contributed by atoms with E-state index in [9.17, 15) is 10.4 Å². The number of benzene rings is 3. The van der Waals surface area contributed by atoms with E-state index in [-0.39, 0.29) is 5.75 Å². The van der Waals surface area contributed by atoms with Gasteiger partial charge in [0.1, 0.15) is 11.8 Å². The summed E-state index contributed by atoms with van der Waals surface area (Å²) < 4.78 is 0. The van der Waals surface area contributed by atoms with Crippen LogP contribution in [0.2, 0.25) is 0 Å². The van der Waals surface area contributed by atoms with Crippen LogP contribution in [0.5, 0.6) is 5.75 Å². The quantitative estimate of drug-likeness (QED) is 0.589. The van der Waals surface area contributed by atoms with E-state index < -0.39 is 0 Å². The average molecular weight is 337 g/mol. The third-order valence-corrected chi connectivity index (χ3v) is 4.37. The van der Waals surface area contributed by atoms with Crippen molar-refractivity contribution in [1.82, 2.24) is 0 Å². The van der Waals surface area contributed by atoms with Gasteiger partial charge in [-0.1, -0.05) is 73.3 Å². The molecule has 0 aliphatic rings. The Bertz CT molecular complexity index is 1020. The molecule has 1 N–H and O–H groups in total. The molecule has 0 aromatic heterocycles. The van der Waals surface area contributed by atoms with Crippen molar-refractivity contribution in [3.63, 3.8) is 0 Å². The van der Waals surface area contributed by atoms with Crippen LogP contribution in [0.15, 0.2) is 67.2 Å². The van der Waals surface area contributed by atoms with E-state index in [1.807, 2.05) is 73.7 Å². The highest BCUT2D eigenvalue weighted by Crippen LogP contribution is 2.28. The fourth-order valence-corrected chi connectivity index (χ4v) is 2.95. The summed E-state index contributed by atoms with van der Waals surface area (Å²) in [5.41, 5.74) is 6.07. The zero-order valence-corrected chi connectivity index (χ0v) is 14.6. The van der Waals surface area contributed by atoms with Gasteiger partial charge in [0.15, 0.2) is 0 Å². The Kier molecular flexibility index (Phi) is 5.01. The second kappa shape index (κ2) is 7.55. The topological polar surface area (TPSA) is 44.0 Å².